The van der Waals surface area contributed by atoms with Gasteiger partial charge in [-0.25, -0.2) is 9.13 Å². The Morgan fingerprint density at radius 2 is 0.500 bits per heavy atom. The number of rotatable bonds is 71. The SMILES string of the molecule is CCCCCCCC(=O)OC[C@H](COP(=O)(O)OC[C@H](O)COP(=O)(O)OC[C@@H](COC(=O)CCCCCCCCCCCCC(C)C)OC(=O)CCCCCCCCCCCCCCCCCCCCC(C)C)OC(=O)CCCCCCCCCCCCC(C)C. The lowest BCUT2D eigenvalue weighted by Crippen LogP contribution is -2.30. The predicted molar refractivity (Wildman–Crippen MR) is 372 cm³/mol. The van der Waals surface area contributed by atoms with Crippen LogP contribution in [0.1, 0.15) is 370 Å². The van der Waals surface area contributed by atoms with Crippen molar-refractivity contribution in [3.05, 3.63) is 0 Å². The fraction of sp³-hybridized carbons (Fsp3) is 0.945. The lowest BCUT2D eigenvalue weighted by Gasteiger charge is -2.21. The van der Waals surface area contributed by atoms with Gasteiger partial charge in [-0.15, -0.1) is 0 Å². The number of hydrogen-bond acceptors (Lipinski definition) is 15. The topological polar surface area (TPSA) is 237 Å². The molecule has 19 heteroatoms. The van der Waals surface area contributed by atoms with Crippen molar-refractivity contribution in [3.63, 3.8) is 0 Å². The molecule has 0 aromatic carbocycles. The molecule has 0 amide bonds. The molecule has 0 aliphatic carbocycles. The third-order valence-electron chi connectivity index (χ3n) is 16.9. The number of ether oxygens (including phenoxy) is 4. The van der Waals surface area contributed by atoms with Gasteiger partial charge in [0.05, 0.1) is 26.4 Å². The molecule has 0 aliphatic heterocycles. The lowest BCUT2D eigenvalue weighted by atomic mass is 10.0. The molecule has 3 N–H and O–H groups in total. The molecular formula is C73H142O17P2. The number of esters is 4. The summed E-state index contributed by atoms with van der Waals surface area (Å²) < 4.78 is 68.2. The molecule has 2 unspecified atom stereocenters. The first-order valence-electron chi connectivity index (χ1n) is 37.8. The van der Waals surface area contributed by atoms with E-state index in [0.717, 1.165) is 114 Å². The van der Waals surface area contributed by atoms with Crippen molar-refractivity contribution in [3.8, 4) is 0 Å². The summed E-state index contributed by atoms with van der Waals surface area (Å²) in [5.74, 6) is 0.197. The number of aliphatic hydroxyl groups is 1. The third-order valence-corrected chi connectivity index (χ3v) is 18.8. The largest absolute Gasteiger partial charge is 0.472 e. The molecule has 0 saturated heterocycles. The smallest absolute Gasteiger partial charge is 0.462 e. The summed E-state index contributed by atoms with van der Waals surface area (Å²) in [6, 6.07) is 0. The van der Waals surface area contributed by atoms with E-state index in [1.54, 1.807) is 0 Å². The maximum absolute atomic E-state index is 13.0. The van der Waals surface area contributed by atoms with Crippen LogP contribution in [-0.4, -0.2) is 96.7 Å². The molecule has 17 nitrogen and oxygen atoms in total. The molecule has 0 aromatic rings. The number of phosphoric acid groups is 2. The molecular weight excluding hydrogens is 1210 g/mol. The lowest BCUT2D eigenvalue weighted by molar-refractivity contribution is -0.161. The van der Waals surface area contributed by atoms with E-state index < -0.39 is 97.5 Å². The van der Waals surface area contributed by atoms with Crippen molar-refractivity contribution < 1.29 is 80.2 Å². The Morgan fingerprint density at radius 3 is 0.739 bits per heavy atom. The molecule has 0 fully saturated rings. The molecule has 0 radical (unpaired) electrons. The van der Waals surface area contributed by atoms with E-state index in [1.165, 1.54) is 173 Å². The fourth-order valence-electron chi connectivity index (χ4n) is 11.1. The second-order valence-electron chi connectivity index (χ2n) is 27.8. The fourth-order valence-corrected chi connectivity index (χ4v) is 12.7. The van der Waals surface area contributed by atoms with Crippen molar-refractivity contribution in [1.82, 2.24) is 0 Å². The molecule has 0 bridgehead atoms. The van der Waals surface area contributed by atoms with Crippen LogP contribution < -0.4 is 0 Å². The molecule has 0 spiro atoms. The predicted octanol–water partition coefficient (Wildman–Crippen LogP) is 21.0. The monoisotopic (exact) mass is 1350 g/mol. The number of carbonyl (C=O) groups is 4. The van der Waals surface area contributed by atoms with Gasteiger partial charge in [0.1, 0.15) is 19.3 Å². The number of hydrogen-bond donors (Lipinski definition) is 3. The van der Waals surface area contributed by atoms with E-state index in [9.17, 15) is 43.2 Å². The number of phosphoric ester groups is 2. The second kappa shape index (κ2) is 63.8. The normalized spacial score (nSPS) is 14.1. The summed E-state index contributed by atoms with van der Waals surface area (Å²) in [6.45, 7) is 11.8. The molecule has 0 saturated carbocycles. The minimum Gasteiger partial charge on any atom is -0.462 e. The average molecular weight is 1350 g/mol. The van der Waals surface area contributed by atoms with Gasteiger partial charge in [0, 0.05) is 25.7 Å². The van der Waals surface area contributed by atoms with Crippen molar-refractivity contribution in [2.75, 3.05) is 39.6 Å². The quantitative estimate of drug-likeness (QED) is 0.0222. The summed E-state index contributed by atoms with van der Waals surface area (Å²) in [6.07, 6.45) is 49.1. The van der Waals surface area contributed by atoms with Gasteiger partial charge in [0.25, 0.3) is 0 Å². The summed E-state index contributed by atoms with van der Waals surface area (Å²) in [5, 5.41) is 10.6. The summed E-state index contributed by atoms with van der Waals surface area (Å²) in [7, 11) is -9.90. The standard InChI is InChI=1S/C73H142O17P2/c1-8-9-10-37-47-54-70(75)83-60-68(89-72(77)57-50-43-36-30-24-22-27-33-40-46-53-66(6)7)62-87-91(79,80)85-58-67(74)59-86-92(81,82)88-63-69(61-84-71(76)55-48-41-34-28-23-21-26-32-39-45-52-65(4)5)90-73(78)56-49-42-35-29-20-18-16-14-12-11-13-15-17-19-25-31-38-44-51-64(2)3/h64-69,74H,8-63H2,1-7H3,(H,79,80)(H,81,82)/t67-,68+,69+/m0/s1. The van der Waals surface area contributed by atoms with E-state index in [-0.39, 0.29) is 25.7 Å². The molecule has 0 heterocycles. The molecule has 0 aromatic heterocycles. The average Bonchev–Trinajstić information content (AvgIpc) is 1.66. The van der Waals surface area contributed by atoms with Crippen molar-refractivity contribution in [2.45, 2.75) is 388 Å². The minimum atomic E-state index is -4.95. The molecule has 92 heavy (non-hydrogen) atoms. The van der Waals surface area contributed by atoms with Crippen molar-refractivity contribution >= 4 is 39.5 Å². The van der Waals surface area contributed by atoms with E-state index in [2.05, 4.69) is 48.5 Å². The van der Waals surface area contributed by atoms with E-state index >= 15 is 0 Å². The van der Waals surface area contributed by atoms with Crippen LogP contribution in [0.15, 0.2) is 0 Å². The van der Waals surface area contributed by atoms with Crippen LogP contribution in [0.4, 0.5) is 0 Å². The summed E-state index contributed by atoms with van der Waals surface area (Å²) in [4.78, 5) is 72.4. The van der Waals surface area contributed by atoms with Crippen LogP contribution in [0, 0.1) is 17.8 Å². The van der Waals surface area contributed by atoms with Crippen LogP contribution in [-0.2, 0) is 65.4 Å². The van der Waals surface area contributed by atoms with E-state index in [0.29, 0.717) is 25.7 Å². The Kier molecular flexibility index (Phi) is 62.4. The van der Waals surface area contributed by atoms with Crippen LogP contribution in [0.2, 0.25) is 0 Å². The van der Waals surface area contributed by atoms with Gasteiger partial charge in [-0.3, -0.25) is 37.3 Å². The van der Waals surface area contributed by atoms with Gasteiger partial charge in [-0.1, -0.05) is 318 Å². The highest BCUT2D eigenvalue weighted by atomic mass is 31.2. The Hall–Kier alpha value is -1.94. The van der Waals surface area contributed by atoms with Gasteiger partial charge >= 0.3 is 39.5 Å². The second-order valence-corrected chi connectivity index (χ2v) is 30.7. The third kappa shape index (κ3) is 66.7. The Labute approximate surface area is 562 Å². The molecule has 0 aliphatic rings. The maximum Gasteiger partial charge on any atom is 0.472 e. The van der Waals surface area contributed by atoms with Gasteiger partial charge in [-0.2, -0.15) is 0 Å². The zero-order chi connectivity index (χ0) is 68.0. The van der Waals surface area contributed by atoms with Crippen LogP contribution >= 0.6 is 15.6 Å². The highest BCUT2D eigenvalue weighted by Crippen LogP contribution is 2.45. The first kappa shape index (κ1) is 90.1. The van der Waals surface area contributed by atoms with Crippen molar-refractivity contribution in [2.24, 2.45) is 17.8 Å². The van der Waals surface area contributed by atoms with Crippen LogP contribution in [0.3, 0.4) is 0 Å². The first-order valence-corrected chi connectivity index (χ1v) is 40.8. The zero-order valence-corrected chi connectivity index (χ0v) is 61.8. The van der Waals surface area contributed by atoms with Crippen molar-refractivity contribution in [1.29, 1.82) is 0 Å². The minimum absolute atomic E-state index is 0.105. The molecule has 546 valence electrons. The number of unbranched alkanes of at least 4 members (excludes halogenated alkanes) is 39. The Balaban J connectivity index is 5.12. The highest BCUT2D eigenvalue weighted by Gasteiger charge is 2.30. The first-order chi connectivity index (χ1) is 44.2. The summed E-state index contributed by atoms with van der Waals surface area (Å²) >= 11 is 0. The van der Waals surface area contributed by atoms with E-state index in [4.69, 9.17) is 37.0 Å². The van der Waals surface area contributed by atoms with Crippen LogP contribution in [0.25, 0.3) is 0 Å². The molecule has 5 atom stereocenters. The van der Waals surface area contributed by atoms with Gasteiger partial charge in [-0.05, 0) is 43.4 Å². The molecule has 0 rings (SSSR count). The number of aliphatic hydroxyl groups excluding tert-OH is 1. The Bertz CT molecular complexity index is 1800. The highest BCUT2D eigenvalue weighted by molar-refractivity contribution is 7.47. The van der Waals surface area contributed by atoms with Gasteiger partial charge in [0.2, 0.25) is 0 Å². The Morgan fingerprint density at radius 1 is 0.293 bits per heavy atom. The van der Waals surface area contributed by atoms with Crippen LogP contribution in [0.5, 0.6) is 0 Å². The van der Waals surface area contributed by atoms with Gasteiger partial charge < -0.3 is 33.8 Å². The maximum atomic E-state index is 13.0. The van der Waals surface area contributed by atoms with E-state index in [1.807, 2.05) is 0 Å². The zero-order valence-electron chi connectivity index (χ0n) is 60.0. The number of carbonyl (C=O) groups excluding carboxylic acids is 4. The summed E-state index contributed by atoms with van der Waals surface area (Å²) in [5.41, 5.74) is 0. The van der Waals surface area contributed by atoms with Gasteiger partial charge in [0.15, 0.2) is 12.2 Å².